The first-order chi connectivity index (χ1) is 11.6. The number of anilines is 1. The van der Waals surface area contributed by atoms with Crippen molar-refractivity contribution in [2.75, 3.05) is 5.32 Å². The van der Waals surface area contributed by atoms with Crippen LogP contribution >= 0.6 is 11.6 Å². The minimum atomic E-state index is -1.24. The lowest BCUT2D eigenvalue weighted by molar-refractivity contribution is 0.209. The lowest BCUT2D eigenvalue weighted by atomic mass is 10.3. The Bertz CT molecular complexity index is 872. The van der Waals surface area contributed by atoms with Gasteiger partial charge in [0.05, 0.1) is 15.9 Å². The number of nitrogens with one attached hydrogen (secondary N) is 1. The number of halogens is 2. The lowest BCUT2D eigenvalue weighted by Gasteiger charge is -2.04. The van der Waals surface area contributed by atoms with Gasteiger partial charge in [-0.25, -0.2) is 18.9 Å². The summed E-state index contributed by atoms with van der Waals surface area (Å²) in [5, 5.41) is 15.8. The minimum Gasteiger partial charge on any atom is -0.465 e. The third kappa shape index (κ3) is 3.62. The molecular weight excluding hydrogens is 335 g/mol. The molecule has 0 unspecified atom stereocenters. The quantitative estimate of drug-likeness (QED) is 0.715. The molecule has 2 N–H and O–H groups in total. The van der Waals surface area contributed by atoms with Gasteiger partial charge in [-0.05, 0) is 18.2 Å². The van der Waals surface area contributed by atoms with Crippen molar-refractivity contribution in [2.24, 2.45) is 0 Å². The summed E-state index contributed by atoms with van der Waals surface area (Å²) in [5.74, 6) is -0.408. The summed E-state index contributed by atoms with van der Waals surface area (Å²) in [6, 6.07) is 5.89. The van der Waals surface area contributed by atoms with Gasteiger partial charge >= 0.3 is 6.09 Å². The van der Waals surface area contributed by atoms with Gasteiger partial charge in [0.2, 0.25) is 0 Å². The molecule has 1 aromatic carbocycles. The maximum atomic E-state index is 13.9. The highest BCUT2D eigenvalue weighted by atomic mass is 35.5. The van der Waals surface area contributed by atoms with E-state index in [-0.39, 0.29) is 16.5 Å². The molecule has 1 fully saturated rings. The van der Waals surface area contributed by atoms with E-state index in [4.69, 9.17) is 16.7 Å². The van der Waals surface area contributed by atoms with Gasteiger partial charge in [-0.2, -0.15) is 5.10 Å². The highest BCUT2D eigenvalue weighted by molar-refractivity contribution is 6.32. The van der Waals surface area contributed by atoms with Gasteiger partial charge in [0, 0.05) is 12.4 Å². The molecule has 1 aliphatic carbocycles. The van der Waals surface area contributed by atoms with Crippen LogP contribution in [-0.4, -0.2) is 26.0 Å². The molecule has 2 aromatic heterocycles. The second-order valence-corrected chi connectivity index (χ2v) is 5.63. The summed E-state index contributed by atoms with van der Waals surface area (Å²) < 4.78 is 15.2. The molecule has 24 heavy (non-hydrogen) atoms. The number of aromatic nitrogens is 3. The summed E-state index contributed by atoms with van der Waals surface area (Å²) in [6.45, 7) is 0. The fourth-order valence-electron chi connectivity index (χ4n) is 1.97. The van der Waals surface area contributed by atoms with Crippen molar-refractivity contribution >= 4 is 34.4 Å². The number of para-hydroxylation sites is 1. The fourth-order valence-corrected chi connectivity index (χ4v) is 2.22. The Balaban J connectivity index is 0.000000508. The van der Waals surface area contributed by atoms with E-state index in [1.165, 1.54) is 48.5 Å². The van der Waals surface area contributed by atoms with Gasteiger partial charge < -0.3 is 5.11 Å². The van der Waals surface area contributed by atoms with E-state index >= 15 is 0 Å². The standard InChI is InChI=1S/C13H8ClFN4O2.C3H6/c14-8-2-1-3-9(15)11(8)19-6-7-10(18-19)4-5-16-12(7)17-13(20)21;1-2-3-1/h1-6H,(H,16,17)(H,20,21);1-3H2. The largest absolute Gasteiger partial charge is 0.465 e. The topological polar surface area (TPSA) is 80.0 Å². The van der Waals surface area contributed by atoms with Crippen LogP contribution in [0.5, 0.6) is 0 Å². The Morgan fingerprint density at radius 3 is 2.67 bits per heavy atom. The molecule has 0 radical (unpaired) electrons. The first-order valence-electron chi connectivity index (χ1n) is 7.35. The molecule has 124 valence electrons. The Morgan fingerprint density at radius 1 is 1.29 bits per heavy atom. The maximum absolute atomic E-state index is 13.9. The molecule has 1 saturated carbocycles. The maximum Gasteiger partial charge on any atom is 0.410 e. The second-order valence-electron chi connectivity index (χ2n) is 5.23. The molecule has 1 aliphatic rings. The summed E-state index contributed by atoms with van der Waals surface area (Å²) in [4.78, 5) is 14.7. The van der Waals surface area contributed by atoms with E-state index in [9.17, 15) is 9.18 Å². The zero-order valence-electron chi connectivity index (χ0n) is 12.5. The molecule has 3 aromatic rings. The van der Waals surface area contributed by atoms with Crippen LogP contribution in [0, 0.1) is 5.82 Å². The van der Waals surface area contributed by atoms with Gasteiger partial charge in [-0.15, -0.1) is 0 Å². The molecule has 0 aliphatic heterocycles. The van der Waals surface area contributed by atoms with Crippen molar-refractivity contribution in [2.45, 2.75) is 19.3 Å². The summed E-state index contributed by atoms with van der Waals surface area (Å²) in [7, 11) is 0. The Hall–Kier alpha value is -2.67. The Kier molecular flexibility index (Phi) is 4.61. The molecule has 6 nitrogen and oxygen atoms in total. The van der Waals surface area contributed by atoms with Crippen LogP contribution in [-0.2, 0) is 0 Å². The number of hydrogen-bond donors (Lipinski definition) is 2. The minimum absolute atomic E-state index is 0.0941. The van der Waals surface area contributed by atoms with E-state index in [1.54, 1.807) is 12.1 Å². The molecule has 0 spiro atoms. The van der Waals surface area contributed by atoms with Gasteiger partial charge in [-0.1, -0.05) is 36.9 Å². The number of nitrogens with zero attached hydrogens (tertiary/aromatic N) is 3. The number of pyridine rings is 1. The predicted octanol–water partition coefficient (Wildman–Crippen LogP) is 4.47. The van der Waals surface area contributed by atoms with E-state index in [2.05, 4.69) is 15.4 Å². The third-order valence-electron chi connectivity index (χ3n) is 3.18. The third-order valence-corrected chi connectivity index (χ3v) is 3.48. The zero-order chi connectivity index (χ0) is 17.1. The number of hydrogen-bond acceptors (Lipinski definition) is 3. The van der Waals surface area contributed by atoms with Crippen LogP contribution in [0.2, 0.25) is 5.02 Å². The van der Waals surface area contributed by atoms with Crippen molar-refractivity contribution < 1.29 is 14.3 Å². The van der Waals surface area contributed by atoms with Gasteiger partial charge in [-0.3, -0.25) is 5.32 Å². The number of rotatable bonds is 2. The van der Waals surface area contributed by atoms with Crippen molar-refractivity contribution in [3.63, 3.8) is 0 Å². The first kappa shape index (κ1) is 16.2. The fraction of sp³-hybridized carbons (Fsp3) is 0.188. The average molecular weight is 349 g/mol. The second kappa shape index (κ2) is 6.84. The number of carbonyl (C=O) groups is 1. The molecule has 1 amide bonds. The van der Waals surface area contributed by atoms with Crippen LogP contribution in [0.1, 0.15) is 19.3 Å². The van der Waals surface area contributed by atoms with Gasteiger partial charge in [0.15, 0.2) is 0 Å². The van der Waals surface area contributed by atoms with Crippen LogP contribution in [0.3, 0.4) is 0 Å². The summed E-state index contributed by atoms with van der Waals surface area (Å²) >= 11 is 5.99. The smallest absolute Gasteiger partial charge is 0.410 e. The number of benzene rings is 1. The molecule has 8 heteroatoms. The monoisotopic (exact) mass is 348 g/mol. The number of amides is 1. The van der Waals surface area contributed by atoms with Crippen LogP contribution in [0.15, 0.2) is 36.7 Å². The van der Waals surface area contributed by atoms with E-state index < -0.39 is 11.9 Å². The molecular formula is C16H14ClFN4O2. The normalized spacial score (nSPS) is 12.4. The predicted molar refractivity (Wildman–Crippen MR) is 89.3 cm³/mol. The van der Waals surface area contributed by atoms with Crippen molar-refractivity contribution in [1.29, 1.82) is 0 Å². The van der Waals surface area contributed by atoms with Gasteiger partial charge in [0.1, 0.15) is 17.3 Å². The number of carboxylic acid groups (broad SMARTS) is 1. The first-order valence-corrected chi connectivity index (χ1v) is 7.73. The SMILES string of the molecule is C1CC1.O=C(O)Nc1nccc2nn(-c3c(F)cccc3Cl)cc12. The van der Waals surface area contributed by atoms with Gasteiger partial charge in [0.25, 0.3) is 0 Å². The summed E-state index contributed by atoms with van der Waals surface area (Å²) in [5.41, 5.74) is 0.560. The highest BCUT2D eigenvalue weighted by Crippen LogP contribution is 2.27. The zero-order valence-corrected chi connectivity index (χ0v) is 13.3. The Labute approximate surface area is 141 Å². The van der Waals surface area contributed by atoms with Crippen molar-refractivity contribution in [3.8, 4) is 5.69 Å². The lowest BCUT2D eigenvalue weighted by Crippen LogP contribution is -2.08. The van der Waals surface area contributed by atoms with Crippen LogP contribution in [0.25, 0.3) is 16.6 Å². The molecule has 0 saturated heterocycles. The Morgan fingerprint density at radius 2 is 2.04 bits per heavy atom. The molecule has 0 atom stereocenters. The van der Waals surface area contributed by atoms with E-state index in [0.717, 1.165) is 0 Å². The average Bonchev–Trinajstić information content (AvgIpc) is 3.34. The highest BCUT2D eigenvalue weighted by Gasteiger charge is 2.14. The number of fused-ring (bicyclic) bond motifs is 1. The van der Waals surface area contributed by atoms with Crippen LogP contribution in [0.4, 0.5) is 15.0 Å². The summed E-state index contributed by atoms with van der Waals surface area (Å²) in [6.07, 6.45) is 6.14. The molecule has 2 heterocycles. The van der Waals surface area contributed by atoms with Crippen molar-refractivity contribution in [1.82, 2.24) is 14.8 Å². The van der Waals surface area contributed by atoms with E-state index in [0.29, 0.717) is 10.9 Å². The van der Waals surface area contributed by atoms with E-state index in [1.807, 2.05) is 0 Å². The molecule has 4 rings (SSSR count). The molecule has 0 bridgehead atoms. The van der Waals surface area contributed by atoms with Crippen LogP contribution < -0.4 is 5.32 Å². The van der Waals surface area contributed by atoms with Crippen molar-refractivity contribution in [3.05, 3.63) is 47.5 Å².